The van der Waals surface area contributed by atoms with Gasteiger partial charge in [-0.05, 0) is 31.0 Å². The van der Waals surface area contributed by atoms with E-state index < -0.39 is 0 Å². The molecule has 9 nitrogen and oxygen atoms in total. The van der Waals surface area contributed by atoms with E-state index >= 15 is 0 Å². The molecule has 4 rings (SSSR count). The maximum Gasteiger partial charge on any atom is 0.274 e. The molecule has 2 aliphatic rings. The van der Waals surface area contributed by atoms with Crippen molar-refractivity contribution in [2.24, 2.45) is 0 Å². The standard InChI is InChI=1S/C18H23N7O2/c26-17(24-8-10-25(11-9-24)18-19-6-2-7-20-18)15-4-5-16(23-22-15)21-13-14-3-1-12-27-14/h2,4-7,14H,1,3,8-13H2,(H,21,23). The van der Waals surface area contributed by atoms with Crippen molar-refractivity contribution in [3.05, 3.63) is 36.3 Å². The van der Waals surface area contributed by atoms with Crippen molar-refractivity contribution in [1.29, 1.82) is 0 Å². The molecule has 4 heterocycles. The number of hydrogen-bond acceptors (Lipinski definition) is 8. The summed E-state index contributed by atoms with van der Waals surface area (Å²) in [5.41, 5.74) is 0.363. The average Bonchev–Trinajstić information content (AvgIpc) is 3.27. The molecule has 0 radical (unpaired) electrons. The van der Waals surface area contributed by atoms with Gasteiger partial charge < -0.3 is 19.9 Å². The van der Waals surface area contributed by atoms with Gasteiger partial charge in [-0.3, -0.25) is 4.79 Å². The molecule has 2 fully saturated rings. The van der Waals surface area contributed by atoms with Gasteiger partial charge in [0, 0.05) is 51.7 Å². The van der Waals surface area contributed by atoms with Crippen LogP contribution in [0.5, 0.6) is 0 Å². The molecule has 0 spiro atoms. The van der Waals surface area contributed by atoms with Crippen molar-refractivity contribution in [1.82, 2.24) is 25.1 Å². The van der Waals surface area contributed by atoms with Crippen molar-refractivity contribution in [3.63, 3.8) is 0 Å². The molecule has 2 aromatic rings. The Morgan fingerprint density at radius 2 is 1.96 bits per heavy atom. The second kappa shape index (κ2) is 8.26. The first-order valence-corrected chi connectivity index (χ1v) is 9.30. The molecule has 142 valence electrons. The minimum Gasteiger partial charge on any atom is -0.376 e. The second-order valence-electron chi connectivity index (χ2n) is 6.65. The lowest BCUT2D eigenvalue weighted by atomic mass is 10.2. The lowest BCUT2D eigenvalue weighted by Crippen LogP contribution is -2.49. The summed E-state index contributed by atoms with van der Waals surface area (Å²) in [5, 5.41) is 11.4. The van der Waals surface area contributed by atoms with Crippen molar-refractivity contribution >= 4 is 17.7 Å². The Morgan fingerprint density at radius 3 is 2.63 bits per heavy atom. The molecule has 1 atom stereocenters. The molecule has 1 unspecified atom stereocenters. The number of nitrogens with one attached hydrogen (secondary N) is 1. The number of aromatic nitrogens is 4. The molecular formula is C18H23N7O2. The van der Waals surface area contributed by atoms with Crippen LogP contribution in [0.3, 0.4) is 0 Å². The van der Waals surface area contributed by atoms with Crippen LogP contribution in [0.4, 0.5) is 11.8 Å². The molecule has 27 heavy (non-hydrogen) atoms. The summed E-state index contributed by atoms with van der Waals surface area (Å²) < 4.78 is 5.57. The monoisotopic (exact) mass is 369 g/mol. The van der Waals surface area contributed by atoms with Crippen LogP contribution in [-0.4, -0.2) is 76.4 Å². The summed E-state index contributed by atoms with van der Waals surface area (Å²) in [6.07, 6.45) is 5.86. The van der Waals surface area contributed by atoms with Crippen LogP contribution in [0.15, 0.2) is 30.6 Å². The Balaban J connectivity index is 1.29. The Hall–Kier alpha value is -2.81. The van der Waals surface area contributed by atoms with Crippen molar-refractivity contribution in [2.75, 3.05) is 49.5 Å². The fourth-order valence-electron chi connectivity index (χ4n) is 3.29. The van der Waals surface area contributed by atoms with Crippen molar-refractivity contribution in [2.45, 2.75) is 18.9 Å². The molecule has 1 amide bonds. The summed E-state index contributed by atoms with van der Waals surface area (Å²) in [4.78, 5) is 25.0. The van der Waals surface area contributed by atoms with Gasteiger partial charge in [-0.25, -0.2) is 9.97 Å². The highest BCUT2D eigenvalue weighted by Gasteiger charge is 2.24. The zero-order valence-electron chi connectivity index (χ0n) is 15.1. The normalized spacial score (nSPS) is 19.9. The fourth-order valence-corrected chi connectivity index (χ4v) is 3.29. The van der Waals surface area contributed by atoms with Crippen LogP contribution < -0.4 is 10.2 Å². The molecule has 2 saturated heterocycles. The van der Waals surface area contributed by atoms with E-state index in [0.717, 1.165) is 19.4 Å². The summed E-state index contributed by atoms with van der Waals surface area (Å²) in [5.74, 6) is 1.26. The highest BCUT2D eigenvalue weighted by atomic mass is 16.5. The number of hydrogen-bond donors (Lipinski definition) is 1. The summed E-state index contributed by atoms with van der Waals surface area (Å²) in [6.45, 7) is 4.16. The van der Waals surface area contributed by atoms with Gasteiger partial charge in [-0.1, -0.05) is 0 Å². The van der Waals surface area contributed by atoms with Gasteiger partial charge in [0.2, 0.25) is 5.95 Å². The highest BCUT2D eigenvalue weighted by Crippen LogP contribution is 2.14. The van der Waals surface area contributed by atoms with Gasteiger partial charge in [0.15, 0.2) is 5.69 Å². The van der Waals surface area contributed by atoms with E-state index in [4.69, 9.17) is 4.74 Å². The van der Waals surface area contributed by atoms with E-state index in [2.05, 4.69) is 30.4 Å². The first-order chi connectivity index (χ1) is 13.3. The summed E-state index contributed by atoms with van der Waals surface area (Å²) in [7, 11) is 0. The molecule has 2 aromatic heterocycles. The van der Waals surface area contributed by atoms with Crippen LogP contribution in [-0.2, 0) is 4.74 Å². The van der Waals surface area contributed by atoms with Gasteiger partial charge in [0.25, 0.3) is 5.91 Å². The number of ether oxygens (including phenoxy) is 1. The van der Waals surface area contributed by atoms with E-state index in [1.165, 1.54) is 0 Å². The first-order valence-electron chi connectivity index (χ1n) is 9.30. The third-order valence-electron chi connectivity index (χ3n) is 4.82. The number of nitrogens with zero attached hydrogens (tertiary/aromatic N) is 6. The predicted molar refractivity (Wildman–Crippen MR) is 99.6 cm³/mol. The lowest BCUT2D eigenvalue weighted by Gasteiger charge is -2.34. The van der Waals surface area contributed by atoms with E-state index in [1.54, 1.807) is 35.5 Å². The van der Waals surface area contributed by atoms with Gasteiger partial charge in [0.1, 0.15) is 5.82 Å². The third-order valence-corrected chi connectivity index (χ3v) is 4.82. The Labute approximate surface area is 157 Å². The third kappa shape index (κ3) is 4.30. The lowest BCUT2D eigenvalue weighted by molar-refractivity contribution is 0.0739. The molecule has 0 aliphatic carbocycles. The SMILES string of the molecule is O=C(c1ccc(NCC2CCCO2)nn1)N1CCN(c2ncccn2)CC1. The van der Waals surface area contributed by atoms with Crippen LogP contribution in [0, 0.1) is 0 Å². The van der Waals surface area contributed by atoms with Gasteiger partial charge in [-0.2, -0.15) is 0 Å². The quantitative estimate of drug-likeness (QED) is 0.827. The Bertz CT molecular complexity index is 742. The van der Waals surface area contributed by atoms with Gasteiger partial charge in [0.05, 0.1) is 6.10 Å². The van der Waals surface area contributed by atoms with Crippen LogP contribution >= 0.6 is 0 Å². The molecule has 0 saturated carbocycles. The summed E-state index contributed by atoms with van der Waals surface area (Å²) >= 11 is 0. The van der Waals surface area contributed by atoms with Crippen LogP contribution in [0.25, 0.3) is 0 Å². The predicted octanol–water partition coefficient (Wildman–Crippen LogP) is 0.820. The van der Waals surface area contributed by atoms with E-state index in [0.29, 0.717) is 50.2 Å². The minimum absolute atomic E-state index is 0.0955. The number of piperazine rings is 1. The Kier molecular flexibility index (Phi) is 5.38. The number of amides is 1. The number of carbonyl (C=O) groups is 1. The number of rotatable bonds is 5. The Morgan fingerprint density at radius 1 is 1.15 bits per heavy atom. The smallest absolute Gasteiger partial charge is 0.274 e. The minimum atomic E-state index is -0.0955. The number of carbonyl (C=O) groups excluding carboxylic acids is 1. The van der Waals surface area contributed by atoms with Crippen LogP contribution in [0.2, 0.25) is 0 Å². The first kappa shape index (κ1) is 17.6. The molecular weight excluding hydrogens is 346 g/mol. The molecule has 0 aromatic carbocycles. The maximum atomic E-state index is 12.7. The number of anilines is 2. The van der Waals surface area contributed by atoms with E-state index in [-0.39, 0.29) is 12.0 Å². The van der Waals surface area contributed by atoms with E-state index in [1.807, 2.05) is 0 Å². The zero-order chi connectivity index (χ0) is 18.5. The average molecular weight is 369 g/mol. The fraction of sp³-hybridized carbons (Fsp3) is 0.500. The molecule has 2 aliphatic heterocycles. The topological polar surface area (TPSA) is 96.4 Å². The van der Waals surface area contributed by atoms with Crippen molar-refractivity contribution in [3.8, 4) is 0 Å². The van der Waals surface area contributed by atoms with Crippen LogP contribution in [0.1, 0.15) is 23.3 Å². The van der Waals surface area contributed by atoms with E-state index in [9.17, 15) is 4.79 Å². The van der Waals surface area contributed by atoms with Crippen molar-refractivity contribution < 1.29 is 9.53 Å². The highest BCUT2D eigenvalue weighted by molar-refractivity contribution is 5.92. The summed E-state index contributed by atoms with van der Waals surface area (Å²) in [6, 6.07) is 5.31. The van der Waals surface area contributed by atoms with Gasteiger partial charge >= 0.3 is 0 Å². The molecule has 0 bridgehead atoms. The maximum absolute atomic E-state index is 12.7. The van der Waals surface area contributed by atoms with Gasteiger partial charge in [-0.15, -0.1) is 10.2 Å². The largest absolute Gasteiger partial charge is 0.376 e. The molecule has 9 heteroatoms. The molecule has 1 N–H and O–H groups in total. The zero-order valence-corrected chi connectivity index (χ0v) is 15.1. The second-order valence-corrected chi connectivity index (χ2v) is 6.65.